The van der Waals surface area contributed by atoms with Gasteiger partial charge in [0.25, 0.3) is 0 Å². The molecule has 0 fully saturated rings. The van der Waals surface area contributed by atoms with Gasteiger partial charge in [0, 0.05) is 24.7 Å². The second kappa shape index (κ2) is 48.3. The van der Waals surface area contributed by atoms with Crippen LogP contribution in [0, 0.1) is 5.41 Å². The number of carboxylic acid groups (broad SMARTS) is 3. The molecular weight excluding hydrogens is 648 g/mol. The summed E-state index contributed by atoms with van der Waals surface area (Å²) in [5.74, 6) is -1.98. The van der Waals surface area contributed by atoms with Crippen molar-refractivity contribution in [2.75, 3.05) is 19.8 Å². The van der Waals surface area contributed by atoms with Crippen molar-refractivity contribution in [3.8, 4) is 0 Å². The summed E-state index contributed by atoms with van der Waals surface area (Å²) in [5.41, 5.74) is -0.667. The Kier molecular flexibility index (Phi) is 53.1. The molecule has 308 valence electrons. The highest BCUT2D eigenvalue weighted by atomic mass is 16.4. The van der Waals surface area contributed by atoms with Crippen molar-refractivity contribution in [3.63, 3.8) is 0 Å². The van der Waals surface area contributed by atoms with E-state index in [0.29, 0.717) is 25.7 Å². The van der Waals surface area contributed by atoms with Crippen LogP contribution in [0.1, 0.15) is 227 Å². The fourth-order valence-corrected chi connectivity index (χ4v) is 5.25. The Morgan fingerprint density at radius 1 is 0.333 bits per heavy atom. The molecule has 9 nitrogen and oxygen atoms in total. The van der Waals surface area contributed by atoms with Crippen LogP contribution in [0.3, 0.4) is 0 Å². The number of aliphatic hydroxyl groups is 3. The van der Waals surface area contributed by atoms with Crippen LogP contribution >= 0.6 is 0 Å². The predicted molar refractivity (Wildman–Crippen MR) is 212 cm³/mol. The van der Waals surface area contributed by atoms with E-state index in [0.717, 1.165) is 38.5 Å². The minimum atomic E-state index is -0.667. The Bertz CT molecular complexity index is 602. The van der Waals surface area contributed by atoms with Gasteiger partial charge in [-0.2, -0.15) is 0 Å². The van der Waals surface area contributed by atoms with Crippen LogP contribution < -0.4 is 0 Å². The number of carbonyl (C=O) groups is 3. The van der Waals surface area contributed by atoms with E-state index in [9.17, 15) is 14.4 Å². The molecular formula is C42H86O9. The summed E-state index contributed by atoms with van der Waals surface area (Å²) in [6.07, 6.45) is 35.0. The molecule has 0 aromatic rings. The zero-order valence-corrected chi connectivity index (χ0v) is 33.9. The van der Waals surface area contributed by atoms with Gasteiger partial charge in [-0.1, -0.05) is 182 Å². The van der Waals surface area contributed by atoms with Gasteiger partial charge < -0.3 is 30.6 Å². The van der Waals surface area contributed by atoms with E-state index in [1.807, 2.05) is 6.92 Å². The molecule has 0 radical (unpaired) electrons. The van der Waals surface area contributed by atoms with Crippen molar-refractivity contribution in [3.05, 3.63) is 0 Å². The number of hydrogen-bond donors (Lipinski definition) is 6. The topological polar surface area (TPSA) is 173 Å². The summed E-state index contributed by atoms with van der Waals surface area (Å²) < 4.78 is 0. The Hall–Kier alpha value is -1.71. The Morgan fingerprint density at radius 2 is 0.510 bits per heavy atom. The molecule has 0 saturated heterocycles. The third-order valence-corrected chi connectivity index (χ3v) is 9.24. The first kappa shape index (κ1) is 56.0. The van der Waals surface area contributed by atoms with E-state index in [1.54, 1.807) is 0 Å². The van der Waals surface area contributed by atoms with Gasteiger partial charge in [-0.15, -0.1) is 0 Å². The van der Waals surface area contributed by atoms with Crippen LogP contribution in [0.25, 0.3) is 0 Å². The van der Waals surface area contributed by atoms with Gasteiger partial charge in [0.05, 0.1) is 19.8 Å². The smallest absolute Gasteiger partial charge is 0.303 e. The number of aliphatic carboxylic acids is 3. The highest BCUT2D eigenvalue weighted by Crippen LogP contribution is 2.18. The largest absolute Gasteiger partial charge is 0.481 e. The van der Waals surface area contributed by atoms with Gasteiger partial charge in [0.1, 0.15) is 0 Å². The fourth-order valence-electron chi connectivity index (χ4n) is 5.25. The van der Waals surface area contributed by atoms with Crippen LogP contribution in [0.5, 0.6) is 0 Å². The van der Waals surface area contributed by atoms with Crippen LogP contribution in [-0.2, 0) is 14.4 Å². The lowest BCUT2D eigenvalue weighted by atomic mass is 9.88. The summed E-state index contributed by atoms with van der Waals surface area (Å²) in [5, 5.41) is 51.2. The lowest BCUT2D eigenvalue weighted by Crippen LogP contribution is -2.32. The molecule has 6 N–H and O–H groups in total. The summed E-state index contributed by atoms with van der Waals surface area (Å²) in [4.78, 5) is 30.6. The summed E-state index contributed by atoms with van der Waals surface area (Å²) in [7, 11) is 0. The fraction of sp³-hybridized carbons (Fsp3) is 0.929. The highest BCUT2D eigenvalue weighted by Gasteiger charge is 2.24. The third-order valence-electron chi connectivity index (χ3n) is 9.24. The van der Waals surface area contributed by atoms with Crippen molar-refractivity contribution in [2.45, 2.75) is 227 Å². The Balaban J connectivity index is -0.000000292. The molecule has 51 heavy (non-hydrogen) atoms. The second-order valence-corrected chi connectivity index (χ2v) is 14.2. The molecule has 9 heteroatoms. The standard InChI is InChI=1S/3C12H24O2.C6H14O3/c3*1-2-3-4-5-6-7-8-9-10-11-12(13)14;1-2-6(3-7,4-8)5-9/h3*2-11H2,1H3,(H,13,14);7-9H,2-5H2,1H3. The molecule has 0 bridgehead atoms. The van der Waals surface area contributed by atoms with E-state index >= 15 is 0 Å². The summed E-state index contributed by atoms with van der Waals surface area (Å²) in [6, 6.07) is 0. The molecule has 0 rings (SSSR count). The van der Waals surface area contributed by atoms with E-state index in [4.69, 9.17) is 30.6 Å². The minimum absolute atomic E-state index is 0.156. The van der Waals surface area contributed by atoms with Crippen LogP contribution in [0.15, 0.2) is 0 Å². The zero-order chi connectivity index (χ0) is 39.3. The van der Waals surface area contributed by atoms with Crippen LogP contribution in [0.2, 0.25) is 0 Å². The van der Waals surface area contributed by atoms with Crippen molar-refractivity contribution in [2.24, 2.45) is 5.41 Å². The number of hydrogen-bond acceptors (Lipinski definition) is 6. The van der Waals surface area contributed by atoms with Crippen molar-refractivity contribution in [1.29, 1.82) is 0 Å². The monoisotopic (exact) mass is 735 g/mol. The van der Waals surface area contributed by atoms with E-state index < -0.39 is 23.3 Å². The maximum atomic E-state index is 10.2. The van der Waals surface area contributed by atoms with Crippen molar-refractivity contribution >= 4 is 17.9 Å². The molecule has 0 aliphatic heterocycles. The molecule has 0 amide bonds. The van der Waals surface area contributed by atoms with Crippen molar-refractivity contribution in [1.82, 2.24) is 0 Å². The van der Waals surface area contributed by atoms with Gasteiger partial charge >= 0.3 is 17.9 Å². The van der Waals surface area contributed by atoms with Gasteiger partial charge in [-0.05, 0) is 25.7 Å². The maximum Gasteiger partial charge on any atom is 0.303 e. The second-order valence-electron chi connectivity index (χ2n) is 14.2. The predicted octanol–water partition coefficient (Wildman–Crippen LogP) is 11.3. The zero-order valence-electron chi connectivity index (χ0n) is 33.9. The van der Waals surface area contributed by atoms with Gasteiger partial charge in [0.15, 0.2) is 0 Å². The molecule has 0 aromatic carbocycles. The van der Waals surface area contributed by atoms with E-state index in [1.165, 1.54) is 135 Å². The highest BCUT2D eigenvalue weighted by molar-refractivity contribution is 5.67. The molecule has 0 atom stereocenters. The van der Waals surface area contributed by atoms with Gasteiger partial charge in [-0.3, -0.25) is 14.4 Å². The molecule has 0 aliphatic carbocycles. The molecule has 0 aromatic heterocycles. The number of aliphatic hydroxyl groups excluding tert-OH is 3. The van der Waals surface area contributed by atoms with E-state index in [2.05, 4.69) is 20.8 Å². The normalized spacial score (nSPS) is 10.6. The molecule has 0 heterocycles. The summed E-state index contributed by atoms with van der Waals surface area (Å²) >= 11 is 0. The van der Waals surface area contributed by atoms with E-state index in [-0.39, 0.29) is 19.8 Å². The maximum absolute atomic E-state index is 10.2. The average molecular weight is 735 g/mol. The minimum Gasteiger partial charge on any atom is -0.481 e. The average Bonchev–Trinajstić information content (AvgIpc) is 3.11. The summed E-state index contributed by atoms with van der Waals surface area (Å²) in [6.45, 7) is 8.04. The lowest BCUT2D eigenvalue weighted by Gasteiger charge is -2.24. The number of unbranched alkanes of at least 4 members (excludes halogenated alkanes) is 24. The Labute approximate surface area is 314 Å². The molecule has 0 spiro atoms. The molecule has 0 saturated carbocycles. The molecule has 0 unspecified atom stereocenters. The number of carboxylic acids is 3. The first-order valence-electron chi connectivity index (χ1n) is 21.0. The quantitative estimate of drug-likeness (QED) is 0.0352. The first-order valence-corrected chi connectivity index (χ1v) is 21.0. The lowest BCUT2D eigenvalue weighted by molar-refractivity contribution is -0.138. The number of rotatable bonds is 34. The van der Waals surface area contributed by atoms with Crippen molar-refractivity contribution < 1.29 is 45.0 Å². The molecule has 0 aliphatic rings. The van der Waals surface area contributed by atoms with Gasteiger partial charge in [0.2, 0.25) is 0 Å². The van der Waals surface area contributed by atoms with Crippen LogP contribution in [-0.4, -0.2) is 68.4 Å². The van der Waals surface area contributed by atoms with Gasteiger partial charge in [-0.25, -0.2) is 0 Å². The third kappa shape index (κ3) is 55.2. The van der Waals surface area contributed by atoms with Crippen LogP contribution in [0.4, 0.5) is 0 Å². The SMILES string of the molecule is CCC(CO)(CO)CO.CCCCCCCCCCCC(=O)O.CCCCCCCCCCCC(=O)O.CCCCCCCCCCCC(=O)O. The Morgan fingerprint density at radius 3 is 0.627 bits per heavy atom. The first-order chi connectivity index (χ1) is 24.6.